The molecule has 3 rings (SSSR count). The summed E-state index contributed by atoms with van der Waals surface area (Å²) >= 11 is 0. The van der Waals surface area contributed by atoms with Gasteiger partial charge in [0, 0.05) is 36.1 Å². The Morgan fingerprint density at radius 2 is 0.969 bits per heavy atom. The van der Waals surface area contributed by atoms with Crippen molar-refractivity contribution in [1.29, 1.82) is 0 Å². The minimum atomic E-state index is 1.16. The zero-order valence-electron chi connectivity index (χ0n) is 20.4. The van der Waals surface area contributed by atoms with Crippen LogP contribution in [-0.2, 0) is 25.9 Å². The topological polar surface area (TPSA) is 7.76 Å². The molecule has 0 radical (unpaired) electrons. The van der Waals surface area contributed by atoms with E-state index in [1.807, 2.05) is 0 Å². The van der Waals surface area contributed by atoms with Crippen LogP contribution >= 0.6 is 0 Å². The molecule has 0 unspecified atom stereocenters. The summed E-state index contributed by atoms with van der Waals surface area (Å²) in [5.74, 6) is 0. The van der Waals surface area contributed by atoms with E-state index in [0.29, 0.717) is 0 Å². The average molecular weight is 435 g/mol. The summed E-state index contributed by atoms with van der Waals surface area (Å²) in [6.07, 6.45) is 35.1. The smallest absolute Gasteiger partial charge is 0.171 e. The molecule has 0 spiro atoms. The van der Waals surface area contributed by atoms with Gasteiger partial charge in [0.05, 0.1) is 0 Å². The van der Waals surface area contributed by atoms with E-state index in [9.17, 15) is 0 Å². The fraction of sp³-hybridized carbons (Fsp3) is 0.600. The highest BCUT2D eigenvalue weighted by Crippen LogP contribution is 2.11. The normalized spacial score (nSPS) is 18.8. The van der Waals surface area contributed by atoms with Crippen molar-refractivity contribution >= 4 is 0 Å². The largest absolute Gasteiger partial charge is 0.205 e. The van der Waals surface area contributed by atoms with Crippen LogP contribution in [0.3, 0.4) is 0 Å². The predicted molar refractivity (Wildman–Crippen MR) is 134 cm³/mol. The lowest BCUT2D eigenvalue weighted by molar-refractivity contribution is -0.697. The number of allylic oxidation sites excluding steroid dienone is 2. The maximum absolute atomic E-state index is 2.41. The van der Waals surface area contributed by atoms with E-state index in [-0.39, 0.29) is 0 Å². The highest BCUT2D eigenvalue weighted by Gasteiger charge is 2.04. The maximum Gasteiger partial charge on any atom is 0.171 e. The molecule has 2 aromatic heterocycles. The standard InChI is InChI=1S/C30H46N2/c1-3-7-11-15-23-31-25-18-22-30(28-31)20-14-10-6-2-4-8-12-16-24-32-26-17-21-29(27-32)19-13-9-5-1/h5,9,17-18,21-22,25-28H,1-4,6-8,10-16,19-20,23-24H2/q+2. The van der Waals surface area contributed by atoms with E-state index in [2.05, 4.69) is 70.3 Å². The van der Waals surface area contributed by atoms with Crippen molar-refractivity contribution in [2.24, 2.45) is 0 Å². The molecule has 1 aliphatic heterocycles. The van der Waals surface area contributed by atoms with Gasteiger partial charge in [0.25, 0.3) is 0 Å². The summed E-state index contributed by atoms with van der Waals surface area (Å²) in [5, 5.41) is 0. The lowest BCUT2D eigenvalue weighted by Gasteiger charge is -2.04. The van der Waals surface area contributed by atoms with Crippen LogP contribution in [0.2, 0.25) is 0 Å². The van der Waals surface area contributed by atoms with Crippen LogP contribution < -0.4 is 9.13 Å². The van der Waals surface area contributed by atoms with Gasteiger partial charge in [0.1, 0.15) is 13.1 Å². The molecule has 1 aliphatic rings. The fourth-order valence-electron chi connectivity index (χ4n) is 4.81. The van der Waals surface area contributed by atoms with Crippen LogP contribution in [0, 0.1) is 0 Å². The molecule has 2 nitrogen and oxygen atoms in total. The van der Waals surface area contributed by atoms with Crippen LogP contribution in [0.5, 0.6) is 0 Å². The molecule has 0 amide bonds. The highest BCUT2D eigenvalue weighted by molar-refractivity contribution is 5.06. The number of pyridine rings is 2. The second-order valence-electron chi connectivity index (χ2n) is 9.69. The summed E-state index contributed by atoms with van der Waals surface area (Å²) in [7, 11) is 0. The highest BCUT2D eigenvalue weighted by atomic mass is 14.9. The third-order valence-corrected chi connectivity index (χ3v) is 6.77. The van der Waals surface area contributed by atoms with Gasteiger partial charge in [0.15, 0.2) is 24.8 Å². The van der Waals surface area contributed by atoms with Gasteiger partial charge in [-0.3, -0.25) is 0 Å². The molecule has 0 fully saturated rings. The average Bonchev–Trinajstić information content (AvgIpc) is 2.81. The Morgan fingerprint density at radius 1 is 0.469 bits per heavy atom. The summed E-state index contributed by atoms with van der Waals surface area (Å²) in [6.45, 7) is 2.33. The van der Waals surface area contributed by atoms with E-state index in [1.165, 1.54) is 114 Å². The molecule has 174 valence electrons. The lowest BCUT2D eigenvalue weighted by atomic mass is 10.0. The van der Waals surface area contributed by atoms with Crippen molar-refractivity contribution < 1.29 is 9.13 Å². The Hall–Kier alpha value is -1.96. The van der Waals surface area contributed by atoms with Gasteiger partial charge in [-0.1, -0.05) is 50.7 Å². The molecule has 3 heterocycles. The van der Waals surface area contributed by atoms with Gasteiger partial charge in [-0.05, 0) is 63.5 Å². The molecule has 0 aromatic carbocycles. The summed E-state index contributed by atoms with van der Waals surface area (Å²) < 4.78 is 4.81. The number of fused-ring (bicyclic) bond motifs is 4. The first-order valence-electron chi connectivity index (χ1n) is 13.5. The van der Waals surface area contributed by atoms with Crippen LogP contribution in [0.1, 0.15) is 101 Å². The van der Waals surface area contributed by atoms with E-state index >= 15 is 0 Å². The molecule has 32 heavy (non-hydrogen) atoms. The molecule has 0 atom stereocenters. The SMILES string of the molecule is C1=CCCc2ccc[n+](c2)CCCCCCCCCCc2ccc[n+](c2)CCCCCC1. The van der Waals surface area contributed by atoms with Crippen molar-refractivity contribution in [3.8, 4) is 0 Å². The zero-order valence-corrected chi connectivity index (χ0v) is 20.4. The quantitative estimate of drug-likeness (QED) is 0.309. The third kappa shape index (κ3) is 10.6. The van der Waals surface area contributed by atoms with E-state index < -0.39 is 0 Å². The number of aromatic nitrogens is 2. The lowest BCUT2D eigenvalue weighted by Crippen LogP contribution is -2.33. The van der Waals surface area contributed by atoms with Crippen LogP contribution in [-0.4, -0.2) is 0 Å². The summed E-state index contributed by atoms with van der Waals surface area (Å²) in [5.41, 5.74) is 2.99. The van der Waals surface area contributed by atoms with Gasteiger partial charge in [-0.2, -0.15) is 0 Å². The van der Waals surface area contributed by atoms with Crippen LogP contribution in [0.4, 0.5) is 0 Å². The predicted octanol–water partition coefficient (Wildman–Crippen LogP) is 7.08. The molecule has 0 saturated heterocycles. The second-order valence-corrected chi connectivity index (χ2v) is 9.69. The number of rotatable bonds is 0. The maximum atomic E-state index is 2.41. The van der Waals surface area contributed by atoms with Crippen molar-refractivity contribution in [3.63, 3.8) is 0 Å². The summed E-state index contributed by atoms with van der Waals surface area (Å²) in [6, 6.07) is 9.06. The number of hydrogen-bond acceptors (Lipinski definition) is 0. The monoisotopic (exact) mass is 434 g/mol. The second kappa shape index (κ2) is 15.8. The first-order chi connectivity index (χ1) is 15.9. The van der Waals surface area contributed by atoms with E-state index in [1.54, 1.807) is 0 Å². The zero-order chi connectivity index (χ0) is 22.1. The fourth-order valence-corrected chi connectivity index (χ4v) is 4.81. The number of nitrogens with zero attached hydrogens (tertiary/aromatic N) is 2. The summed E-state index contributed by atoms with van der Waals surface area (Å²) in [4.78, 5) is 0. The Kier molecular flexibility index (Phi) is 12.2. The van der Waals surface area contributed by atoms with Crippen LogP contribution in [0.25, 0.3) is 0 Å². The molecule has 0 N–H and O–H groups in total. The van der Waals surface area contributed by atoms with Crippen molar-refractivity contribution in [1.82, 2.24) is 0 Å². The minimum Gasteiger partial charge on any atom is -0.205 e. The van der Waals surface area contributed by atoms with E-state index in [4.69, 9.17) is 0 Å². The molecule has 2 heteroatoms. The van der Waals surface area contributed by atoms with Gasteiger partial charge in [-0.15, -0.1) is 0 Å². The third-order valence-electron chi connectivity index (χ3n) is 6.77. The Labute approximate surface area is 197 Å². The van der Waals surface area contributed by atoms with Crippen molar-refractivity contribution in [2.75, 3.05) is 0 Å². The number of hydrogen-bond donors (Lipinski definition) is 0. The Morgan fingerprint density at radius 3 is 1.62 bits per heavy atom. The van der Waals surface area contributed by atoms with Gasteiger partial charge >= 0.3 is 0 Å². The van der Waals surface area contributed by atoms with Gasteiger partial charge < -0.3 is 0 Å². The van der Waals surface area contributed by atoms with E-state index in [0.717, 1.165) is 12.8 Å². The Balaban J connectivity index is 1.45. The van der Waals surface area contributed by atoms with Crippen molar-refractivity contribution in [3.05, 3.63) is 72.3 Å². The first-order valence-corrected chi connectivity index (χ1v) is 13.5. The van der Waals surface area contributed by atoms with Gasteiger partial charge in [0.2, 0.25) is 0 Å². The Bertz CT molecular complexity index is 780. The first kappa shape index (κ1) is 24.7. The molecule has 0 aliphatic carbocycles. The molecular weight excluding hydrogens is 388 g/mol. The van der Waals surface area contributed by atoms with Gasteiger partial charge in [-0.25, -0.2) is 9.13 Å². The van der Waals surface area contributed by atoms with Crippen molar-refractivity contribution in [2.45, 2.75) is 116 Å². The molecule has 4 bridgehead atoms. The minimum absolute atomic E-state index is 1.16. The molecule has 2 aromatic rings. The number of aryl methyl sites for hydroxylation is 4. The molecular formula is C30H46N2+2. The molecule has 0 saturated carbocycles. The van der Waals surface area contributed by atoms with Crippen LogP contribution in [0.15, 0.2) is 61.2 Å².